The van der Waals surface area contributed by atoms with Gasteiger partial charge in [0.05, 0.1) is 16.6 Å². The van der Waals surface area contributed by atoms with Crippen molar-refractivity contribution >= 4 is 72.2 Å². The molecule has 7 aromatic carbocycles. The van der Waals surface area contributed by atoms with E-state index < -0.39 is 7.14 Å². The number of aromatic nitrogens is 2. The van der Waals surface area contributed by atoms with Crippen LogP contribution in [0.4, 0.5) is 0 Å². The number of pyridine rings is 1. The van der Waals surface area contributed by atoms with Crippen LogP contribution in [-0.2, 0) is 4.57 Å². The number of hydrogen-bond acceptors (Lipinski definition) is 2. The zero-order valence-electron chi connectivity index (χ0n) is 24.3. The second-order valence-corrected chi connectivity index (χ2v) is 14.3. The Kier molecular flexibility index (Phi) is 5.78. The highest BCUT2D eigenvalue weighted by molar-refractivity contribution is 7.85. The van der Waals surface area contributed by atoms with Gasteiger partial charge in [-0.05, 0) is 57.6 Å². The molecule has 1 unspecified atom stereocenters. The Morgan fingerprint density at radius 2 is 1.07 bits per heavy atom. The molecule has 3 nitrogen and oxygen atoms in total. The number of benzene rings is 7. The van der Waals surface area contributed by atoms with Crippen molar-refractivity contribution in [2.75, 3.05) is 0 Å². The maximum absolute atomic E-state index is 16.1. The van der Waals surface area contributed by atoms with Crippen molar-refractivity contribution in [2.24, 2.45) is 0 Å². The molecule has 2 aromatic heterocycles. The maximum atomic E-state index is 16.1. The third-order valence-electron chi connectivity index (χ3n) is 9.02. The van der Waals surface area contributed by atoms with Crippen molar-refractivity contribution < 1.29 is 4.57 Å². The summed E-state index contributed by atoms with van der Waals surface area (Å²) in [4.78, 5) is 5.14. The third-order valence-corrected chi connectivity index (χ3v) is 12.1. The zero-order valence-corrected chi connectivity index (χ0v) is 25.2. The molecule has 0 N–H and O–H groups in total. The van der Waals surface area contributed by atoms with Crippen LogP contribution in [0.25, 0.3) is 60.3 Å². The molecule has 0 fully saturated rings. The molecular formula is C41H27N2OP. The number of nitrogens with zero attached hydrogens (tertiary/aromatic N) is 2. The van der Waals surface area contributed by atoms with Crippen molar-refractivity contribution in [3.63, 3.8) is 0 Å². The molecule has 1 atom stereocenters. The van der Waals surface area contributed by atoms with Gasteiger partial charge >= 0.3 is 0 Å². The average molecular weight is 595 g/mol. The van der Waals surface area contributed by atoms with E-state index in [0.717, 1.165) is 76.2 Å². The van der Waals surface area contributed by atoms with Crippen molar-refractivity contribution in [1.82, 2.24) is 9.38 Å². The molecule has 0 aliphatic heterocycles. The van der Waals surface area contributed by atoms with E-state index in [1.54, 1.807) is 0 Å². The average Bonchev–Trinajstić information content (AvgIpc) is 3.51. The van der Waals surface area contributed by atoms with Crippen molar-refractivity contribution in [2.45, 2.75) is 0 Å². The van der Waals surface area contributed by atoms with E-state index in [-0.39, 0.29) is 0 Å². The summed E-state index contributed by atoms with van der Waals surface area (Å²) in [6.07, 6.45) is 0. The molecule has 45 heavy (non-hydrogen) atoms. The molecule has 0 aliphatic rings. The second kappa shape index (κ2) is 10.0. The van der Waals surface area contributed by atoms with E-state index >= 15 is 4.57 Å². The lowest BCUT2D eigenvalue weighted by Gasteiger charge is -2.23. The Balaban J connectivity index is 1.44. The van der Waals surface area contributed by atoms with E-state index in [1.165, 1.54) is 0 Å². The van der Waals surface area contributed by atoms with Gasteiger partial charge in [-0.25, -0.2) is 4.98 Å². The fraction of sp³-hybridized carbons (Fsp3) is 0. The fourth-order valence-corrected chi connectivity index (χ4v) is 9.76. The Morgan fingerprint density at radius 1 is 0.489 bits per heavy atom. The highest BCUT2D eigenvalue weighted by Gasteiger charge is 2.33. The van der Waals surface area contributed by atoms with Crippen LogP contribution in [0.5, 0.6) is 0 Å². The van der Waals surface area contributed by atoms with E-state index in [9.17, 15) is 0 Å². The van der Waals surface area contributed by atoms with Crippen molar-refractivity contribution in [1.29, 1.82) is 0 Å². The normalized spacial score (nSPS) is 13.2. The van der Waals surface area contributed by atoms with Crippen LogP contribution >= 0.6 is 7.14 Å². The van der Waals surface area contributed by atoms with Gasteiger partial charge in [-0.1, -0.05) is 133 Å². The lowest BCUT2D eigenvalue weighted by Crippen LogP contribution is -2.26. The van der Waals surface area contributed by atoms with Gasteiger partial charge in [-0.2, -0.15) is 0 Å². The van der Waals surface area contributed by atoms with Crippen LogP contribution in [0, 0.1) is 0 Å². The molecule has 2 heterocycles. The molecule has 0 radical (unpaired) electrons. The first-order valence-corrected chi connectivity index (χ1v) is 16.9. The molecule has 0 saturated carbocycles. The SMILES string of the molecule is O=P(c1ccccc1)(c1ccc(-c2ccccc2)cc1)c1cccc2c1c1cc3ccccc3cc1c1nc3ccccc3n21. The summed E-state index contributed by atoms with van der Waals surface area (Å²) in [6, 6.07) is 56.0. The zero-order chi connectivity index (χ0) is 30.0. The lowest BCUT2D eigenvalue weighted by molar-refractivity contribution is 0.592. The number of rotatable bonds is 4. The summed E-state index contributed by atoms with van der Waals surface area (Å²) >= 11 is 0. The van der Waals surface area contributed by atoms with Gasteiger partial charge in [-0.3, -0.25) is 4.40 Å². The molecule has 212 valence electrons. The maximum Gasteiger partial charge on any atom is 0.171 e. The third kappa shape index (κ3) is 3.91. The Bertz CT molecular complexity index is 2610. The van der Waals surface area contributed by atoms with Crippen LogP contribution in [0.15, 0.2) is 164 Å². The molecule has 9 rings (SSSR count). The molecule has 0 spiro atoms. The first kappa shape index (κ1) is 25.9. The van der Waals surface area contributed by atoms with Gasteiger partial charge < -0.3 is 4.57 Å². The molecular weight excluding hydrogens is 567 g/mol. The Labute approximate surface area is 260 Å². The summed E-state index contributed by atoms with van der Waals surface area (Å²) in [5.41, 5.74) is 6.11. The van der Waals surface area contributed by atoms with Crippen molar-refractivity contribution in [3.8, 4) is 11.1 Å². The van der Waals surface area contributed by atoms with Crippen LogP contribution in [0.3, 0.4) is 0 Å². The number of para-hydroxylation sites is 2. The minimum atomic E-state index is -3.35. The van der Waals surface area contributed by atoms with Gasteiger partial charge in [0.25, 0.3) is 0 Å². The topological polar surface area (TPSA) is 34.4 Å². The highest BCUT2D eigenvalue weighted by Crippen LogP contribution is 2.47. The summed E-state index contributed by atoms with van der Waals surface area (Å²) in [6.45, 7) is 0. The van der Waals surface area contributed by atoms with Gasteiger partial charge in [0.2, 0.25) is 0 Å². The summed E-state index contributed by atoms with van der Waals surface area (Å²) < 4.78 is 18.3. The smallest absolute Gasteiger partial charge is 0.171 e. The fourth-order valence-electron chi connectivity index (χ4n) is 6.90. The standard InChI is InChI=1S/C41H27N2OP/c44-45(32-16-5-2-6-17-32,33-24-22-29(23-25-33)28-12-3-1-4-13-28)39-21-11-20-38-40(39)34-26-30-14-7-8-15-31(30)27-35(34)41-42-36-18-9-10-19-37(36)43(38)41/h1-27H. The van der Waals surface area contributed by atoms with E-state index in [4.69, 9.17) is 4.98 Å². The van der Waals surface area contributed by atoms with Crippen LogP contribution < -0.4 is 15.9 Å². The molecule has 0 aliphatic carbocycles. The Morgan fingerprint density at radius 3 is 1.82 bits per heavy atom. The minimum absolute atomic E-state index is 0.811. The van der Waals surface area contributed by atoms with Gasteiger partial charge in [0.15, 0.2) is 7.14 Å². The molecule has 4 heteroatoms. The Hall–Kier alpha value is -5.50. The monoisotopic (exact) mass is 594 g/mol. The number of imidazole rings is 1. The second-order valence-electron chi connectivity index (χ2n) is 11.5. The number of hydrogen-bond donors (Lipinski definition) is 0. The summed E-state index contributed by atoms with van der Waals surface area (Å²) in [5.74, 6) is 0. The predicted molar refractivity (Wildman–Crippen MR) is 190 cm³/mol. The molecule has 0 bridgehead atoms. The molecule has 9 aromatic rings. The van der Waals surface area contributed by atoms with E-state index in [2.05, 4.69) is 108 Å². The van der Waals surface area contributed by atoms with Crippen molar-refractivity contribution in [3.05, 3.63) is 164 Å². The largest absolute Gasteiger partial charge is 0.309 e. The van der Waals surface area contributed by atoms with E-state index in [1.807, 2.05) is 60.7 Å². The minimum Gasteiger partial charge on any atom is -0.309 e. The quantitative estimate of drug-likeness (QED) is 0.116. The van der Waals surface area contributed by atoms with Crippen LogP contribution in [0.2, 0.25) is 0 Å². The summed E-state index contributed by atoms with van der Waals surface area (Å²) in [7, 11) is -3.35. The van der Waals surface area contributed by atoms with Gasteiger partial charge in [0, 0.05) is 26.7 Å². The van der Waals surface area contributed by atoms with Gasteiger partial charge in [0.1, 0.15) is 5.65 Å². The number of fused-ring (bicyclic) bond motifs is 9. The first-order valence-electron chi connectivity index (χ1n) is 15.2. The van der Waals surface area contributed by atoms with Crippen LogP contribution in [0.1, 0.15) is 0 Å². The lowest BCUT2D eigenvalue weighted by atomic mass is 10.0. The van der Waals surface area contributed by atoms with E-state index in [0.29, 0.717) is 0 Å². The molecule has 0 saturated heterocycles. The highest BCUT2D eigenvalue weighted by atomic mass is 31.2. The van der Waals surface area contributed by atoms with Gasteiger partial charge in [-0.15, -0.1) is 0 Å². The predicted octanol–water partition coefficient (Wildman–Crippen LogP) is 9.25. The molecule has 0 amide bonds. The first-order chi connectivity index (χ1) is 22.2. The summed E-state index contributed by atoms with van der Waals surface area (Å²) in [5, 5.41) is 7.84. The van der Waals surface area contributed by atoms with Crippen LogP contribution in [-0.4, -0.2) is 9.38 Å².